The maximum atomic E-state index is 12.1. The Morgan fingerprint density at radius 3 is 2.23 bits per heavy atom. The summed E-state index contributed by atoms with van der Waals surface area (Å²) in [6, 6.07) is 25.6. The number of aliphatic imine (C=N–C) groups is 1. The van der Waals surface area contributed by atoms with Gasteiger partial charge in [0.25, 0.3) is 0 Å². The van der Waals surface area contributed by atoms with E-state index in [4.69, 9.17) is 4.74 Å². The number of ether oxygens (including phenoxy) is 1. The summed E-state index contributed by atoms with van der Waals surface area (Å²) in [4.78, 5) is 16.5. The van der Waals surface area contributed by atoms with Crippen molar-refractivity contribution in [2.75, 3.05) is 0 Å². The number of hydrogen-bond donors (Lipinski definition) is 0. The van der Waals surface area contributed by atoms with Gasteiger partial charge in [-0.3, -0.25) is 0 Å². The van der Waals surface area contributed by atoms with Crippen molar-refractivity contribution in [2.24, 2.45) is 4.99 Å². The SMILES string of the molecule is O=C1OC(c2cccc(Br)c2)=N/C1=C/c1ccc(-c2ccccc2)cc1. The van der Waals surface area contributed by atoms with Crippen LogP contribution < -0.4 is 0 Å². The molecule has 0 radical (unpaired) electrons. The van der Waals surface area contributed by atoms with E-state index in [0.29, 0.717) is 11.6 Å². The molecule has 3 nitrogen and oxygen atoms in total. The first-order chi connectivity index (χ1) is 12.7. The standard InChI is InChI=1S/C22H14BrNO2/c23-19-8-4-7-18(14-19)21-24-20(22(25)26-21)13-15-9-11-17(12-10-15)16-5-2-1-3-6-16/h1-14H/b20-13+. The molecule has 0 fully saturated rings. The van der Waals surface area contributed by atoms with Crippen LogP contribution in [0.4, 0.5) is 0 Å². The van der Waals surface area contributed by atoms with Crippen LogP contribution in [0, 0.1) is 0 Å². The van der Waals surface area contributed by atoms with Gasteiger partial charge in [0.2, 0.25) is 5.90 Å². The van der Waals surface area contributed by atoms with Crippen molar-refractivity contribution in [2.45, 2.75) is 0 Å². The molecule has 1 aliphatic rings. The molecule has 0 saturated heterocycles. The third kappa shape index (κ3) is 3.51. The third-order valence-corrected chi connectivity index (χ3v) is 4.51. The minimum Gasteiger partial charge on any atom is -0.402 e. The Labute approximate surface area is 159 Å². The quantitative estimate of drug-likeness (QED) is 0.430. The number of cyclic esters (lactones) is 1. The molecule has 26 heavy (non-hydrogen) atoms. The number of benzene rings is 3. The van der Waals surface area contributed by atoms with Gasteiger partial charge < -0.3 is 4.74 Å². The maximum absolute atomic E-state index is 12.1. The van der Waals surface area contributed by atoms with Crippen LogP contribution in [0.15, 0.2) is 94.0 Å². The molecule has 1 heterocycles. The predicted molar refractivity (Wildman–Crippen MR) is 107 cm³/mol. The zero-order chi connectivity index (χ0) is 17.9. The van der Waals surface area contributed by atoms with Gasteiger partial charge in [0, 0.05) is 10.0 Å². The molecule has 0 atom stereocenters. The Kier molecular flexibility index (Phi) is 4.50. The van der Waals surface area contributed by atoms with Crippen molar-refractivity contribution in [3.05, 3.63) is 100 Å². The molecule has 0 saturated carbocycles. The van der Waals surface area contributed by atoms with E-state index in [2.05, 4.69) is 33.1 Å². The van der Waals surface area contributed by atoms with Crippen LogP contribution in [0.5, 0.6) is 0 Å². The molecule has 0 unspecified atom stereocenters. The van der Waals surface area contributed by atoms with E-state index in [9.17, 15) is 4.79 Å². The number of carbonyl (C=O) groups is 1. The summed E-state index contributed by atoms with van der Waals surface area (Å²) in [6.07, 6.45) is 1.74. The number of esters is 1. The molecular weight excluding hydrogens is 390 g/mol. The lowest BCUT2D eigenvalue weighted by Crippen LogP contribution is -2.05. The van der Waals surface area contributed by atoms with Gasteiger partial charge in [0.15, 0.2) is 5.70 Å². The van der Waals surface area contributed by atoms with Gasteiger partial charge in [0.1, 0.15) is 0 Å². The van der Waals surface area contributed by atoms with E-state index in [1.807, 2.05) is 66.7 Å². The number of halogens is 1. The largest absolute Gasteiger partial charge is 0.402 e. The number of rotatable bonds is 3. The topological polar surface area (TPSA) is 38.7 Å². The van der Waals surface area contributed by atoms with Crippen LogP contribution in [0.3, 0.4) is 0 Å². The second-order valence-corrected chi connectivity index (χ2v) is 6.75. The van der Waals surface area contributed by atoms with Crippen LogP contribution in [-0.4, -0.2) is 11.9 Å². The minimum atomic E-state index is -0.438. The normalized spacial score (nSPS) is 15.0. The van der Waals surface area contributed by atoms with Crippen LogP contribution >= 0.6 is 15.9 Å². The number of carbonyl (C=O) groups excluding carboxylic acids is 1. The van der Waals surface area contributed by atoms with Crippen LogP contribution in [0.2, 0.25) is 0 Å². The van der Waals surface area contributed by atoms with Gasteiger partial charge in [-0.15, -0.1) is 0 Å². The molecule has 0 aliphatic carbocycles. The Bertz CT molecular complexity index is 1020. The fraction of sp³-hybridized carbons (Fsp3) is 0. The highest BCUT2D eigenvalue weighted by Gasteiger charge is 2.24. The van der Waals surface area contributed by atoms with Gasteiger partial charge in [-0.05, 0) is 41.0 Å². The summed E-state index contributed by atoms with van der Waals surface area (Å²) in [5.74, 6) is -0.115. The fourth-order valence-electron chi connectivity index (χ4n) is 2.71. The lowest BCUT2D eigenvalue weighted by Gasteiger charge is -2.01. The Balaban J connectivity index is 1.60. The van der Waals surface area contributed by atoms with Crippen molar-refractivity contribution < 1.29 is 9.53 Å². The summed E-state index contributed by atoms with van der Waals surface area (Å²) >= 11 is 3.41. The number of nitrogens with zero attached hydrogens (tertiary/aromatic N) is 1. The fourth-order valence-corrected chi connectivity index (χ4v) is 3.11. The van der Waals surface area contributed by atoms with Gasteiger partial charge in [-0.2, -0.15) is 0 Å². The zero-order valence-corrected chi connectivity index (χ0v) is 15.3. The van der Waals surface area contributed by atoms with Gasteiger partial charge in [-0.1, -0.05) is 76.6 Å². The van der Waals surface area contributed by atoms with Gasteiger partial charge >= 0.3 is 5.97 Å². The van der Waals surface area contributed by atoms with Crippen molar-refractivity contribution >= 4 is 33.9 Å². The molecule has 0 N–H and O–H groups in total. The van der Waals surface area contributed by atoms with E-state index in [1.54, 1.807) is 6.08 Å². The van der Waals surface area contributed by atoms with Gasteiger partial charge in [0.05, 0.1) is 0 Å². The van der Waals surface area contributed by atoms with Gasteiger partial charge in [-0.25, -0.2) is 9.79 Å². The molecule has 0 amide bonds. The molecular formula is C22H14BrNO2. The number of hydrogen-bond acceptors (Lipinski definition) is 3. The summed E-state index contributed by atoms with van der Waals surface area (Å²) in [5, 5.41) is 0. The molecule has 0 aromatic heterocycles. The van der Waals surface area contributed by atoms with E-state index in [-0.39, 0.29) is 0 Å². The highest BCUT2D eigenvalue weighted by molar-refractivity contribution is 9.10. The average molecular weight is 404 g/mol. The van der Waals surface area contributed by atoms with Crippen molar-refractivity contribution in [3.63, 3.8) is 0 Å². The van der Waals surface area contributed by atoms with Crippen molar-refractivity contribution in [3.8, 4) is 11.1 Å². The highest BCUT2D eigenvalue weighted by atomic mass is 79.9. The van der Waals surface area contributed by atoms with E-state index in [1.165, 1.54) is 0 Å². The second-order valence-electron chi connectivity index (χ2n) is 5.83. The lowest BCUT2D eigenvalue weighted by molar-refractivity contribution is -0.129. The van der Waals surface area contributed by atoms with Crippen molar-refractivity contribution in [1.29, 1.82) is 0 Å². The molecule has 4 rings (SSSR count). The first-order valence-corrected chi connectivity index (χ1v) is 8.92. The Morgan fingerprint density at radius 1 is 0.808 bits per heavy atom. The molecule has 4 heteroatoms. The zero-order valence-electron chi connectivity index (χ0n) is 13.7. The average Bonchev–Trinajstić information content (AvgIpc) is 3.04. The highest BCUT2D eigenvalue weighted by Crippen LogP contribution is 2.23. The first-order valence-electron chi connectivity index (χ1n) is 8.13. The third-order valence-electron chi connectivity index (χ3n) is 4.01. The molecule has 3 aromatic carbocycles. The molecule has 3 aromatic rings. The Morgan fingerprint density at radius 2 is 1.50 bits per heavy atom. The molecule has 0 bridgehead atoms. The monoisotopic (exact) mass is 403 g/mol. The molecule has 126 valence electrons. The smallest absolute Gasteiger partial charge is 0.363 e. The van der Waals surface area contributed by atoms with Crippen LogP contribution in [0.1, 0.15) is 11.1 Å². The molecule has 0 spiro atoms. The predicted octanol–water partition coefficient (Wildman–Crippen LogP) is 5.46. The van der Waals surface area contributed by atoms with Crippen LogP contribution in [-0.2, 0) is 9.53 Å². The molecule has 1 aliphatic heterocycles. The Hall–Kier alpha value is -2.98. The second kappa shape index (κ2) is 7.10. The minimum absolute atomic E-state index is 0.299. The summed E-state index contributed by atoms with van der Waals surface area (Å²) in [5.41, 5.74) is 4.24. The first kappa shape index (κ1) is 16.5. The summed E-state index contributed by atoms with van der Waals surface area (Å²) in [6.45, 7) is 0. The lowest BCUT2D eigenvalue weighted by atomic mass is 10.0. The summed E-state index contributed by atoms with van der Waals surface area (Å²) < 4.78 is 6.21. The van der Waals surface area contributed by atoms with E-state index in [0.717, 1.165) is 26.7 Å². The van der Waals surface area contributed by atoms with E-state index < -0.39 is 5.97 Å². The maximum Gasteiger partial charge on any atom is 0.363 e. The van der Waals surface area contributed by atoms with Crippen molar-refractivity contribution in [1.82, 2.24) is 0 Å². The summed E-state index contributed by atoms with van der Waals surface area (Å²) in [7, 11) is 0. The van der Waals surface area contributed by atoms with E-state index >= 15 is 0 Å². The van der Waals surface area contributed by atoms with Crippen LogP contribution in [0.25, 0.3) is 17.2 Å².